The van der Waals surface area contributed by atoms with E-state index in [1.54, 1.807) is 4.90 Å². The van der Waals surface area contributed by atoms with Crippen molar-refractivity contribution in [3.63, 3.8) is 0 Å². The van der Waals surface area contributed by atoms with E-state index in [-0.39, 0.29) is 5.91 Å². The Labute approximate surface area is 210 Å². The number of H-pyrrole nitrogens is 1. The summed E-state index contributed by atoms with van der Waals surface area (Å²) >= 11 is 0. The SMILES string of the molecule is CC#CCC1=CN(C(=O)Cc2ccccc2)CN1Cc1ccc(-c2ccccc2-c2nnn[nH]2)cc1. The Bertz CT molecular complexity index is 1420. The highest BCUT2D eigenvalue weighted by molar-refractivity contribution is 5.81. The number of rotatable bonds is 7. The minimum atomic E-state index is 0.0829. The molecule has 0 radical (unpaired) electrons. The van der Waals surface area contributed by atoms with Gasteiger partial charge in [0.15, 0.2) is 5.82 Å². The van der Waals surface area contributed by atoms with Crippen molar-refractivity contribution in [2.45, 2.75) is 26.3 Å². The molecule has 3 aromatic carbocycles. The zero-order valence-electron chi connectivity index (χ0n) is 20.1. The average Bonchev–Trinajstić information content (AvgIpc) is 3.59. The Morgan fingerprint density at radius 1 is 0.944 bits per heavy atom. The van der Waals surface area contributed by atoms with Gasteiger partial charge in [-0.3, -0.25) is 9.69 Å². The number of aromatic nitrogens is 4. The lowest BCUT2D eigenvalue weighted by Crippen LogP contribution is -2.32. The summed E-state index contributed by atoms with van der Waals surface area (Å²) in [6, 6.07) is 26.4. The number of amides is 1. The number of tetrazole rings is 1. The fraction of sp³-hybridized carbons (Fsp3) is 0.172. The summed E-state index contributed by atoms with van der Waals surface area (Å²) < 4.78 is 0. The Morgan fingerprint density at radius 3 is 2.42 bits per heavy atom. The largest absolute Gasteiger partial charge is 0.350 e. The number of benzene rings is 3. The molecule has 178 valence electrons. The zero-order valence-corrected chi connectivity index (χ0v) is 20.1. The fourth-order valence-corrected chi connectivity index (χ4v) is 4.31. The number of nitrogens with one attached hydrogen (secondary N) is 1. The van der Waals surface area contributed by atoms with Gasteiger partial charge < -0.3 is 4.90 Å². The number of hydrogen-bond acceptors (Lipinski definition) is 5. The molecule has 1 N–H and O–H groups in total. The van der Waals surface area contributed by atoms with Crippen LogP contribution in [0.5, 0.6) is 0 Å². The molecule has 1 aliphatic heterocycles. The molecule has 1 aromatic heterocycles. The van der Waals surface area contributed by atoms with Gasteiger partial charge in [-0.2, -0.15) is 0 Å². The van der Waals surface area contributed by atoms with Crippen molar-refractivity contribution in [1.29, 1.82) is 0 Å². The van der Waals surface area contributed by atoms with Gasteiger partial charge in [0.25, 0.3) is 0 Å². The maximum absolute atomic E-state index is 13.0. The second-order valence-corrected chi connectivity index (χ2v) is 8.58. The molecule has 36 heavy (non-hydrogen) atoms. The van der Waals surface area contributed by atoms with Crippen LogP contribution < -0.4 is 0 Å². The van der Waals surface area contributed by atoms with Crippen LogP contribution in [-0.4, -0.2) is 43.0 Å². The van der Waals surface area contributed by atoms with Crippen LogP contribution in [0.25, 0.3) is 22.5 Å². The van der Waals surface area contributed by atoms with Crippen molar-refractivity contribution in [3.05, 3.63) is 102 Å². The van der Waals surface area contributed by atoms with E-state index >= 15 is 0 Å². The Morgan fingerprint density at radius 2 is 1.69 bits per heavy atom. The van der Waals surface area contributed by atoms with Crippen molar-refractivity contribution in [3.8, 4) is 34.4 Å². The monoisotopic (exact) mass is 474 g/mol. The quantitative estimate of drug-likeness (QED) is 0.395. The summed E-state index contributed by atoms with van der Waals surface area (Å²) in [4.78, 5) is 17.0. The maximum Gasteiger partial charge on any atom is 0.232 e. The van der Waals surface area contributed by atoms with Crippen molar-refractivity contribution >= 4 is 5.91 Å². The number of carbonyl (C=O) groups is 1. The molecular weight excluding hydrogens is 448 g/mol. The number of allylic oxidation sites excluding steroid dienone is 1. The predicted molar refractivity (Wildman–Crippen MR) is 139 cm³/mol. The molecule has 0 aliphatic carbocycles. The van der Waals surface area contributed by atoms with E-state index in [4.69, 9.17) is 0 Å². The zero-order chi connectivity index (χ0) is 24.7. The van der Waals surface area contributed by atoms with Crippen LogP contribution in [0.15, 0.2) is 90.8 Å². The fourth-order valence-electron chi connectivity index (χ4n) is 4.31. The van der Waals surface area contributed by atoms with E-state index in [2.05, 4.69) is 67.7 Å². The van der Waals surface area contributed by atoms with Crippen LogP contribution in [0.4, 0.5) is 0 Å². The van der Waals surface area contributed by atoms with E-state index in [1.807, 2.05) is 61.7 Å². The molecule has 2 heterocycles. The van der Waals surface area contributed by atoms with Gasteiger partial charge in [-0.05, 0) is 39.6 Å². The molecule has 1 aliphatic rings. The first-order valence-corrected chi connectivity index (χ1v) is 11.8. The molecule has 0 saturated heterocycles. The van der Waals surface area contributed by atoms with Crippen molar-refractivity contribution in [2.75, 3.05) is 6.67 Å². The summed E-state index contributed by atoms with van der Waals surface area (Å²) in [5.74, 6) is 6.84. The number of hydrogen-bond donors (Lipinski definition) is 1. The van der Waals surface area contributed by atoms with Gasteiger partial charge in [0, 0.05) is 24.0 Å². The molecular formula is C29H26N6O. The number of carbonyl (C=O) groups excluding carboxylic acids is 1. The molecule has 7 nitrogen and oxygen atoms in total. The Hall–Kier alpha value is -4.70. The van der Waals surface area contributed by atoms with Crippen LogP contribution >= 0.6 is 0 Å². The third-order valence-electron chi connectivity index (χ3n) is 6.16. The first kappa shape index (κ1) is 23.1. The predicted octanol–water partition coefficient (Wildman–Crippen LogP) is 4.63. The molecule has 1 amide bonds. The van der Waals surface area contributed by atoms with Crippen LogP contribution in [0.3, 0.4) is 0 Å². The van der Waals surface area contributed by atoms with Crippen molar-refractivity contribution in [1.82, 2.24) is 30.4 Å². The average molecular weight is 475 g/mol. The molecule has 0 atom stereocenters. The number of aromatic amines is 1. The Balaban J connectivity index is 1.31. The van der Waals surface area contributed by atoms with E-state index in [1.165, 1.54) is 0 Å². The third kappa shape index (κ3) is 5.18. The topological polar surface area (TPSA) is 78.0 Å². The molecule has 0 unspecified atom stereocenters. The van der Waals surface area contributed by atoms with Crippen molar-refractivity contribution < 1.29 is 4.79 Å². The van der Waals surface area contributed by atoms with E-state index in [9.17, 15) is 4.79 Å². The molecule has 0 bridgehead atoms. The smallest absolute Gasteiger partial charge is 0.232 e. The van der Waals surface area contributed by atoms with E-state index in [0.717, 1.165) is 33.5 Å². The minimum Gasteiger partial charge on any atom is -0.350 e. The van der Waals surface area contributed by atoms with Gasteiger partial charge in [-0.25, -0.2) is 5.10 Å². The molecule has 0 spiro atoms. The lowest BCUT2D eigenvalue weighted by molar-refractivity contribution is -0.128. The van der Waals surface area contributed by atoms with E-state index < -0.39 is 0 Å². The van der Waals surface area contributed by atoms with E-state index in [0.29, 0.717) is 31.9 Å². The molecule has 4 aromatic rings. The highest BCUT2D eigenvalue weighted by atomic mass is 16.2. The van der Waals surface area contributed by atoms with Gasteiger partial charge in [0.2, 0.25) is 5.91 Å². The van der Waals surface area contributed by atoms with Crippen LogP contribution in [0.1, 0.15) is 24.5 Å². The summed E-state index contributed by atoms with van der Waals surface area (Å²) in [7, 11) is 0. The highest BCUT2D eigenvalue weighted by Crippen LogP contribution is 2.30. The van der Waals surface area contributed by atoms with Gasteiger partial charge in [-0.15, -0.1) is 11.0 Å². The van der Waals surface area contributed by atoms with Gasteiger partial charge in [0.05, 0.1) is 19.5 Å². The Kier molecular flexibility index (Phi) is 6.86. The van der Waals surface area contributed by atoms with Crippen molar-refractivity contribution in [2.24, 2.45) is 0 Å². The first-order chi connectivity index (χ1) is 17.7. The standard InChI is InChI=1S/C29H26N6O/c1-2-3-11-25-20-35(28(36)18-22-9-5-4-6-10-22)21-34(25)19-23-14-16-24(17-15-23)26-12-7-8-13-27(26)29-30-32-33-31-29/h4-10,12-17,20H,11,18-19,21H2,1H3,(H,30,31,32,33). The second-order valence-electron chi connectivity index (χ2n) is 8.58. The lowest BCUT2D eigenvalue weighted by atomic mass is 9.98. The van der Waals surface area contributed by atoms with Gasteiger partial charge in [-0.1, -0.05) is 84.8 Å². The molecule has 5 rings (SSSR count). The first-order valence-electron chi connectivity index (χ1n) is 11.8. The van der Waals surface area contributed by atoms with Crippen LogP contribution in [0, 0.1) is 11.8 Å². The van der Waals surface area contributed by atoms with Gasteiger partial charge in [0.1, 0.15) is 0 Å². The second kappa shape index (κ2) is 10.7. The number of nitrogens with zero attached hydrogens (tertiary/aromatic N) is 5. The summed E-state index contributed by atoms with van der Waals surface area (Å²) in [5, 5.41) is 14.3. The van der Waals surface area contributed by atoms with Crippen LogP contribution in [0.2, 0.25) is 0 Å². The summed E-state index contributed by atoms with van der Waals surface area (Å²) in [5.41, 5.74) is 6.31. The lowest BCUT2D eigenvalue weighted by Gasteiger charge is -2.23. The highest BCUT2D eigenvalue weighted by Gasteiger charge is 2.25. The minimum absolute atomic E-state index is 0.0829. The normalized spacial score (nSPS) is 12.8. The third-order valence-corrected chi connectivity index (χ3v) is 6.16. The van der Waals surface area contributed by atoms with Crippen LogP contribution in [-0.2, 0) is 17.8 Å². The molecule has 7 heteroatoms. The summed E-state index contributed by atoms with van der Waals surface area (Å²) in [6.07, 6.45) is 2.95. The molecule has 0 fully saturated rings. The molecule has 0 saturated carbocycles. The summed E-state index contributed by atoms with van der Waals surface area (Å²) in [6.45, 7) is 3.05. The maximum atomic E-state index is 13.0. The van der Waals surface area contributed by atoms with Gasteiger partial charge >= 0.3 is 0 Å².